The summed E-state index contributed by atoms with van der Waals surface area (Å²) in [5.41, 5.74) is 3.15. The molecule has 1 saturated heterocycles. The number of benzene rings is 2. The van der Waals surface area contributed by atoms with Gasteiger partial charge in [-0.3, -0.25) is 14.4 Å². The number of carbonyl (C=O) groups excluding carboxylic acids is 3. The van der Waals surface area contributed by atoms with Gasteiger partial charge in [-0.15, -0.1) is 11.3 Å². The van der Waals surface area contributed by atoms with Crippen LogP contribution in [0.2, 0.25) is 0 Å². The Morgan fingerprint density at radius 1 is 1.00 bits per heavy atom. The molecule has 1 aromatic heterocycles. The molecule has 34 heavy (non-hydrogen) atoms. The summed E-state index contributed by atoms with van der Waals surface area (Å²) in [6, 6.07) is 17.7. The highest BCUT2D eigenvalue weighted by molar-refractivity contribution is 7.10. The van der Waals surface area contributed by atoms with E-state index in [1.807, 2.05) is 59.5 Å². The van der Waals surface area contributed by atoms with Crippen LogP contribution in [0.1, 0.15) is 47.1 Å². The number of nitrogens with one attached hydrogen (secondary N) is 2. The number of carbonyl (C=O) groups is 3. The lowest BCUT2D eigenvalue weighted by molar-refractivity contribution is -0.134. The van der Waals surface area contributed by atoms with E-state index < -0.39 is 0 Å². The van der Waals surface area contributed by atoms with Crippen molar-refractivity contribution in [3.05, 3.63) is 70.7 Å². The van der Waals surface area contributed by atoms with Gasteiger partial charge < -0.3 is 15.5 Å². The molecular weight excluding hydrogens is 448 g/mol. The van der Waals surface area contributed by atoms with Crippen LogP contribution in [0.3, 0.4) is 0 Å². The van der Waals surface area contributed by atoms with E-state index in [9.17, 15) is 14.4 Å². The van der Waals surface area contributed by atoms with Crippen LogP contribution in [0.5, 0.6) is 0 Å². The second-order valence-electron chi connectivity index (χ2n) is 8.26. The van der Waals surface area contributed by atoms with Gasteiger partial charge in [-0.2, -0.15) is 0 Å². The third-order valence-corrected chi connectivity index (χ3v) is 7.06. The van der Waals surface area contributed by atoms with Crippen molar-refractivity contribution in [1.82, 2.24) is 15.2 Å². The number of amides is 3. The van der Waals surface area contributed by atoms with Crippen molar-refractivity contribution in [1.29, 1.82) is 0 Å². The summed E-state index contributed by atoms with van der Waals surface area (Å²) < 4.78 is 0. The summed E-state index contributed by atoms with van der Waals surface area (Å²) in [6.07, 6.45) is 2.05. The maximum Gasteiger partial charge on any atom is 0.275 e. The number of piperidine rings is 1. The van der Waals surface area contributed by atoms with Gasteiger partial charge in [0.15, 0.2) is 0 Å². The maximum absolute atomic E-state index is 12.9. The van der Waals surface area contributed by atoms with Gasteiger partial charge in [0.2, 0.25) is 11.8 Å². The van der Waals surface area contributed by atoms with E-state index in [0.717, 1.165) is 34.7 Å². The van der Waals surface area contributed by atoms with E-state index in [1.54, 1.807) is 12.4 Å². The zero-order valence-corrected chi connectivity index (χ0v) is 19.9. The van der Waals surface area contributed by atoms with Gasteiger partial charge >= 0.3 is 0 Å². The first-order chi connectivity index (χ1) is 16.5. The van der Waals surface area contributed by atoms with Gasteiger partial charge in [-0.25, -0.2) is 4.98 Å². The van der Waals surface area contributed by atoms with Crippen LogP contribution in [-0.2, 0) is 9.59 Å². The highest BCUT2D eigenvalue weighted by Crippen LogP contribution is 2.32. The summed E-state index contributed by atoms with van der Waals surface area (Å²) in [5, 5.41) is 8.28. The largest absolute Gasteiger partial charge is 0.359 e. The van der Waals surface area contributed by atoms with Gasteiger partial charge in [0.1, 0.15) is 5.69 Å². The Labute approximate surface area is 203 Å². The number of nitrogens with zero attached hydrogens (tertiary/aromatic N) is 2. The van der Waals surface area contributed by atoms with Crippen LogP contribution in [0.25, 0.3) is 11.1 Å². The Balaban J connectivity index is 1.35. The van der Waals surface area contributed by atoms with Crippen molar-refractivity contribution in [2.45, 2.75) is 31.6 Å². The molecule has 4 rings (SSSR count). The number of thiazole rings is 1. The van der Waals surface area contributed by atoms with E-state index in [1.165, 1.54) is 11.3 Å². The molecule has 1 aliphatic rings. The molecule has 2 heterocycles. The SMILES string of the molecule is CNC(=O)CCC(=O)N1CCC(c2nc(C(=O)Nc3ccccc3-c3ccccc3)cs2)CC1. The topological polar surface area (TPSA) is 91.4 Å². The molecule has 0 spiro atoms. The first-order valence-electron chi connectivity index (χ1n) is 11.4. The highest BCUT2D eigenvalue weighted by atomic mass is 32.1. The molecule has 2 N–H and O–H groups in total. The molecule has 0 atom stereocenters. The summed E-state index contributed by atoms with van der Waals surface area (Å²) in [6.45, 7) is 1.28. The van der Waals surface area contributed by atoms with Crippen molar-refractivity contribution >= 4 is 34.7 Å². The molecule has 3 amide bonds. The number of hydrogen-bond donors (Lipinski definition) is 2. The van der Waals surface area contributed by atoms with Gasteiger partial charge in [0, 0.05) is 55.5 Å². The van der Waals surface area contributed by atoms with Crippen molar-refractivity contribution in [2.75, 3.05) is 25.5 Å². The molecule has 3 aromatic rings. The van der Waals surface area contributed by atoms with Gasteiger partial charge in [0.05, 0.1) is 5.01 Å². The Hall–Kier alpha value is -3.52. The zero-order valence-electron chi connectivity index (χ0n) is 19.1. The van der Waals surface area contributed by atoms with Gasteiger partial charge in [-0.05, 0) is 24.5 Å². The predicted molar refractivity (Wildman–Crippen MR) is 134 cm³/mol. The van der Waals surface area contributed by atoms with E-state index >= 15 is 0 Å². The van der Waals surface area contributed by atoms with Crippen molar-refractivity contribution < 1.29 is 14.4 Å². The fourth-order valence-electron chi connectivity index (χ4n) is 4.11. The molecule has 7 nitrogen and oxygen atoms in total. The number of likely N-dealkylation sites (tertiary alicyclic amines) is 1. The van der Waals surface area contributed by atoms with E-state index in [2.05, 4.69) is 15.6 Å². The summed E-state index contributed by atoms with van der Waals surface area (Å²) in [4.78, 5) is 43.1. The lowest BCUT2D eigenvalue weighted by Crippen LogP contribution is -2.38. The standard InChI is InChI=1S/C26H28N4O3S/c1-27-23(31)11-12-24(32)30-15-13-19(14-16-30)26-29-22(17-34-26)25(33)28-21-10-6-5-9-20(21)18-7-3-2-4-8-18/h2-10,17,19H,11-16H2,1H3,(H,27,31)(H,28,33). The second-order valence-corrected chi connectivity index (χ2v) is 9.15. The third-order valence-electron chi connectivity index (χ3n) is 6.06. The average molecular weight is 477 g/mol. The van der Waals surface area contributed by atoms with Crippen LogP contribution < -0.4 is 10.6 Å². The van der Waals surface area contributed by atoms with Crippen molar-refractivity contribution in [3.63, 3.8) is 0 Å². The number of rotatable bonds is 7. The predicted octanol–water partition coefficient (Wildman–Crippen LogP) is 4.29. The Kier molecular flexibility index (Phi) is 7.69. The van der Waals surface area contributed by atoms with Crippen LogP contribution in [0, 0.1) is 0 Å². The van der Waals surface area contributed by atoms with Crippen molar-refractivity contribution in [3.8, 4) is 11.1 Å². The van der Waals surface area contributed by atoms with E-state index in [4.69, 9.17) is 0 Å². The molecule has 1 aliphatic heterocycles. The van der Waals surface area contributed by atoms with E-state index in [0.29, 0.717) is 18.8 Å². The van der Waals surface area contributed by atoms with Crippen molar-refractivity contribution in [2.24, 2.45) is 0 Å². The van der Waals surface area contributed by atoms with Gasteiger partial charge in [0.25, 0.3) is 5.91 Å². The summed E-state index contributed by atoms with van der Waals surface area (Å²) in [7, 11) is 1.57. The first kappa shape index (κ1) is 23.6. The van der Waals surface area contributed by atoms with Crippen LogP contribution >= 0.6 is 11.3 Å². The molecule has 0 saturated carbocycles. The first-order valence-corrected chi connectivity index (χ1v) is 12.3. The molecule has 2 aromatic carbocycles. The normalized spacial score (nSPS) is 14.0. The second kappa shape index (κ2) is 11.1. The molecule has 8 heteroatoms. The minimum atomic E-state index is -0.229. The lowest BCUT2D eigenvalue weighted by Gasteiger charge is -2.31. The molecule has 176 valence electrons. The quantitative estimate of drug-likeness (QED) is 0.532. The fourth-order valence-corrected chi connectivity index (χ4v) is 5.08. The third kappa shape index (κ3) is 5.69. The Morgan fingerprint density at radius 2 is 1.71 bits per heavy atom. The number of para-hydroxylation sites is 1. The average Bonchev–Trinajstić information content (AvgIpc) is 3.38. The summed E-state index contributed by atoms with van der Waals surface area (Å²) >= 11 is 1.49. The summed E-state index contributed by atoms with van der Waals surface area (Å²) in [5.74, 6) is -0.111. The molecular formula is C26H28N4O3S. The fraction of sp³-hybridized carbons (Fsp3) is 0.308. The van der Waals surface area contributed by atoms with Crippen LogP contribution in [-0.4, -0.2) is 47.7 Å². The van der Waals surface area contributed by atoms with Gasteiger partial charge in [-0.1, -0.05) is 48.5 Å². The molecule has 0 aliphatic carbocycles. The molecule has 0 radical (unpaired) electrons. The lowest BCUT2D eigenvalue weighted by atomic mass is 9.97. The van der Waals surface area contributed by atoms with E-state index in [-0.39, 0.29) is 36.5 Å². The number of hydrogen-bond acceptors (Lipinski definition) is 5. The van der Waals surface area contributed by atoms with Crippen LogP contribution in [0.15, 0.2) is 60.0 Å². The smallest absolute Gasteiger partial charge is 0.275 e. The zero-order chi connectivity index (χ0) is 23.9. The number of aromatic nitrogens is 1. The molecule has 0 bridgehead atoms. The van der Waals surface area contributed by atoms with Crippen LogP contribution in [0.4, 0.5) is 5.69 Å². The molecule has 0 unspecified atom stereocenters. The highest BCUT2D eigenvalue weighted by Gasteiger charge is 2.26. The maximum atomic E-state index is 12.9. The minimum absolute atomic E-state index is 0.0123. The Morgan fingerprint density at radius 3 is 2.44 bits per heavy atom. The minimum Gasteiger partial charge on any atom is -0.359 e. The Bertz CT molecular complexity index is 1150. The monoisotopic (exact) mass is 476 g/mol. The number of anilines is 1. The molecule has 1 fully saturated rings.